The van der Waals surface area contributed by atoms with Crippen LogP contribution in [0.1, 0.15) is 29.8 Å². The standard InChI is InChI=1S/C29H30N4O4/c1-29(2,28(37)30-21-14-16-22(17-15-21)31(3)4)33(18-20-10-6-5-7-11-20)25(34)19-32-24-13-9-8-12-23(24)26(35)27(32)36/h5-17H,18-19H2,1-4H3,(H,30,37). The van der Waals surface area contributed by atoms with Crippen LogP contribution in [0.15, 0.2) is 78.9 Å². The maximum atomic E-state index is 13.7. The highest BCUT2D eigenvalue weighted by molar-refractivity contribution is 6.52. The topological polar surface area (TPSA) is 90.0 Å². The highest BCUT2D eigenvalue weighted by Crippen LogP contribution is 2.29. The fourth-order valence-corrected chi connectivity index (χ4v) is 4.24. The molecule has 190 valence electrons. The Morgan fingerprint density at radius 3 is 2.14 bits per heavy atom. The fourth-order valence-electron chi connectivity index (χ4n) is 4.24. The first kappa shape index (κ1) is 25.6. The molecule has 1 aliphatic rings. The molecular weight excluding hydrogens is 468 g/mol. The Balaban J connectivity index is 1.60. The first-order valence-electron chi connectivity index (χ1n) is 12.0. The Morgan fingerprint density at radius 2 is 1.49 bits per heavy atom. The Labute approximate surface area is 216 Å². The molecule has 0 fully saturated rings. The van der Waals surface area contributed by atoms with Crippen molar-refractivity contribution in [2.45, 2.75) is 25.9 Å². The Kier molecular flexibility index (Phi) is 7.11. The van der Waals surface area contributed by atoms with Crippen molar-refractivity contribution in [3.8, 4) is 0 Å². The molecule has 0 spiro atoms. The summed E-state index contributed by atoms with van der Waals surface area (Å²) in [6, 6.07) is 23.3. The van der Waals surface area contributed by atoms with Gasteiger partial charge >= 0.3 is 0 Å². The molecule has 0 saturated heterocycles. The monoisotopic (exact) mass is 498 g/mol. The summed E-state index contributed by atoms with van der Waals surface area (Å²) in [6.07, 6.45) is 0. The number of carbonyl (C=O) groups is 4. The third kappa shape index (κ3) is 5.23. The number of nitrogens with one attached hydrogen (secondary N) is 1. The predicted molar refractivity (Wildman–Crippen MR) is 144 cm³/mol. The largest absolute Gasteiger partial charge is 0.378 e. The molecule has 0 unspecified atom stereocenters. The van der Waals surface area contributed by atoms with Gasteiger partial charge in [0.15, 0.2) is 0 Å². The zero-order valence-electron chi connectivity index (χ0n) is 21.4. The van der Waals surface area contributed by atoms with Crippen LogP contribution in [0.5, 0.6) is 0 Å². The zero-order chi connectivity index (χ0) is 26.7. The van der Waals surface area contributed by atoms with Crippen molar-refractivity contribution < 1.29 is 19.2 Å². The summed E-state index contributed by atoms with van der Waals surface area (Å²) in [4.78, 5) is 56.9. The molecular formula is C29H30N4O4. The van der Waals surface area contributed by atoms with Crippen LogP contribution in [0.2, 0.25) is 0 Å². The van der Waals surface area contributed by atoms with Crippen molar-refractivity contribution in [2.75, 3.05) is 35.8 Å². The van der Waals surface area contributed by atoms with E-state index in [-0.39, 0.29) is 24.6 Å². The van der Waals surface area contributed by atoms with Gasteiger partial charge in [0.05, 0.1) is 11.3 Å². The van der Waals surface area contributed by atoms with Gasteiger partial charge in [-0.2, -0.15) is 0 Å². The highest BCUT2D eigenvalue weighted by atomic mass is 16.2. The van der Waals surface area contributed by atoms with E-state index in [1.807, 2.05) is 61.5 Å². The molecule has 3 aromatic carbocycles. The normalized spacial score (nSPS) is 12.8. The quantitative estimate of drug-likeness (QED) is 0.478. The van der Waals surface area contributed by atoms with Gasteiger partial charge in [-0.15, -0.1) is 0 Å². The number of nitrogens with zero attached hydrogens (tertiary/aromatic N) is 3. The number of fused-ring (bicyclic) bond motifs is 1. The highest BCUT2D eigenvalue weighted by Gasteiger charge is 2.42. The van der Waals surface area contributed by atoms with Gasteiger partial charge in [-0.3, -0.25) is 24.1 Å². The molecule has 0 aliphatic carbocycles. The molecule has 8 heteroatoms. The number of anilines is 3. The number of ketones is 1. The maximum absolute atomic E-state index is 13.7. The van der Waals surface area contributed by atoms with Crippen LogP contribution in [0.4, 0.5) is 17.1 Å². The number of Topliss-reactive ketones (excluding diaryl/α,β-unsaturated/α-hetero) is 1. The van der Waals surface area contributed by atoms with Crippen LogP contribution < -0.4 is 15.1 Å². The van der Waals surface area contributed by atoms with Crippen molar-refractivity contribution in [3.05, 3.63) is 90.0 Å². The number of rotatable bonds is 8. The van der Waals surface area contributed by atoms with Gasteiger partial charge in [0, 0.05) is 32.0 Å². The average Bonchev–Trinajstić information content (AvgIpc) is 3.13. The lowest BCUT2D eigenvalue weighted by molar-refractivity contribution is -0.143. The summed E-state index contributed by atoms with van der Waals surface area (Å²) in [7, 11) is 3.86. The molecule has 0 saturated carbocycles. The van der Waals surface area contributed by atoms with Gasteiger partial charge in [0.2, 0.25) is 11.8 Å². The van der Waals surface area contributed by atoms with Crippen molar-refractivity contribution in [1.82, 2.24) is 4.90 Å². The number of hydrogen-bond donors (Lipinski definition) is 1. The van der Waals surface area contributed by atoms with Crippen LogP contribution in [0.3, 0.4) is 0 Å². The molecule has 3 aromatic rings. The van der Waals surface area contributed by atoms with Gasteiger partial charge in [-0.1, -0.05) is 42.5 Å². The van der Waals surface area contributed by atoms with Crippen molar-refractivity contribution in [2.24, 2.45) is 0 Å². The van der Waals surface area contributed by atoms with Crippen LogP contribution in [0, 0.1) is 0 Å². The van der Waals surface area contributed by atoms with Crippen LogP contribution >= 0.6 is 0 Å². The van der Waals surface area contributed by atoms with Gasteiger partial charge in [-0.25, -0.2) is 0 Å². The minimum atomic E-state index is -1.28. The minimum absolute atomic E-state index is 0.150. The van der Waals surface area contributed by atoms with E-state index in [0.717, 1.165) is 11.3 Å². The summed E-state index contributed by atoms with van der Waals surface area (Å²) in [5.74, 6) is -2.22. The van der Waals surface area contributed by atoms with Crippen molar-refractivity contribution in [3.63, 3.8) is 0 Å². The summed E-state index contributed by atoms with van der Waals surface area (Å²) in [5, 5.41) is 2.91. The second-order valence-corrected chi connectivity index (χ2v) is 9.66. The van der Waals surface area contributed by atoms with E-state index in [0.29, 0.717) is 11.4 Å². The first-order chi connectivity index (χ1) is 17.6. The predicted octanol–water partition coefficient (Wildman–Crippen LogP) is 3.73. The second-order valence-electron chi connectivity index (χ2n) is 9.66. The summed E-state index contributed by atoms with van der Waals surface area (Å²) in [6.45, 7) is 3.13. The van der Waals surface area contributed by atoms with E-state index < -0.39 is 23.1 Å². The third-order valence-electron chi connectivity index (χ3n) is 6.53. The Morgan fingerprint density at radius 1 is 0.865 bits per heavy atom. The van der Waals surface area contributed by atoms with E-state index in [1.165, 1.54) is 9.80 Å². The number of para-hydroxylation sites is 1. The van der Waals surface area contributed by atoms with Gasteiger partial charge in [-0.05, 0) is 55.8 Å². The molecule has 0 atom stereocenters. The number of amides is 3. The Bertz CT molecular complexity index is 1330. The van der Waals surface area contributed by atoms with Gasteiger partial charge < -0.3 is 15.1 Å². The molecule has 8 nitrogen and oxygen atoms in total. The summed E-state index contributed by atoms with van der Waals surface area (Å²) in [5.41, 5.74) is 1.81. The first-order valence-corrected chi connectivity index (χ1v) is 12.0. The number of carbonyl (C=O) groups excluding carboxylic acids is 4. The van der Waals surface area contributed by atoms with Crippen molar-refractivity contribution >= 4 is 40.6 Å². The fraction of sp³-hybridized carbons (Fsp3) is 0.241. The summed E-state index contributed by atoms with van der Waals surface area (Å²) >= 11 is 0. The molecule has 1 heterocycles. The molecule has 1 aliphatic heterocycles. The molecule has 4 rings (SSSR count). The number of benzene rings is 3. The molecule has 1 N–H and O–H groups in total. The van der Waals surface area contributed by atoms with Crippen LogP contribution in [-0.4, -0.2) is 54.6 Å². The van der Waals surface area contributed by atoms with E-state index in [9.17, 15) is 19.2 Å². The van der Waals surface area contributed by atoms with Gasteiger partial charge in [0.25, 0.3) is 11.7 Å². The SMILES string of the molecule is CN(C)c1ccc(NC(=O)C(C)(C)N(Cc2ccccc2)C(=O)CN2C(=O)C(=O)c3ccccc32)cc1. The summed E-state index contributed by atoms with van der Waals surface area (Å²) < 4.78 is 0. The van der Waals surface area contributed by atoms with Crippen LogP contribution in [0.25, 0.3) is 0 Å². The third-order valence-corrected chi connectivity index (χ3v) is 6.53. The van der Waals surface area contributed by atoms with E-state index in [1.54, 1.807) is 50.2 Å². The second kappa shape index (κ2) is 10.3. The van der Waals surface area contributed by atoms with E-state index >= 15 is 0 Å². The maximum Gasteiger partial charge on any atom is 0.299 e. The molecule has 0 bridgehead atoms. The van der Waals surface area contributed by atoms with Crippen molar-refractivity contribution in [1.29, 1.82) is 0 Å². The number of hydrogen-bond acceptors (Lipinski definition) is 5. The molecule has 0 aromatic heterocycles. The lowest BCUT2D eigenvalue weighted by Gasteiger charge is -2.38. The molecule has 3 amide bonds. The lowest BCUT2D eigenvalue weighted by atomic mass is 9.99. The Hall–Kier alpha value is -4.46. The van der Waals surface area contributed by atoms with E-state index in [4.69, 9.17) is 0 Å². The smallest absolute Gasteiger partial charge is 0.299 e. The molecule has 37 heavy (non-hydrogen) atoms. The average molecular weight is 499 g/mol. The minimum Gasteiger partial charge on any atom is -0.378 e. The lowest BCUT2D eigenvalue weighted by Crippen LogP contribution is -2.57. The van der Waals surface area contributed by atoms with E-state index in [2.05, 4.69) is 5.32 Å². The van der Waals surface area contributed by atoms with Gasteiger partial charge in [0.1, 0.15) is 12.1 Å². The van der Waals surface area contributed by atoms with Crippen LogP contribution in [-0.2, 0) is 20.9 Å². The zero-order valence-corrected chi connectivity index (χ0v) is 21.4. The molecule has 0 radical (unpaired) electrons.